The van der Waals surface area contributed by atoms with E-state index in [9.17, 15) is 9.59 Å². The summed E-state index contributed by atoms with van der Waals surface area (Å²) in [7, 11) is 1.36. The lowest BCUT2D eigenvalue weighted by molar-refractivity contribution is -0.141. The Kier molecular flexibility index (Phi) is 7.19. The third-order valence-electron chi connectivity index (χ3n) is 4.32. The van der Waals surface area contributed by atoms with E-state index in [1.54, 1.807) is 17.0 Å². The summed E-state index contributed by atoms with van der Waals surface area (Å²) in [5.74, 6) is 1.60. The van der Waals surface area contributed by atoms with E-state index >= 15 is 0 Å². The highest BCUT2D eigenvalue weighted by molar-refractivity contribution is 8.00. The van der Waals surface area contributed by atoms with E-state index in [4.69, 9.17) is 14.2 Å². The van der Waals surface area contributed by atoms with Gasteiger partial charge in [0.15, 0.2) is 6.61 Å². The highest BCUT2D eigenvalue weighted by Crippen LogP contribution is 2.21. The number of rotatable bonds is 7. The van der Waals surface area contributed by atoms with E-state index in [2.05, 4.69) is 0 Å². The summed E-state index contributed by atoms with van der Waals surface area (Å²) in [4.78, 5) is 25.7. The predicted molar refractivity (Wildman–Crippen MR) is 108 cm³/mol. The van der Waals surface area contributed by atoms with Crippen molar-refractivity contribution < 1.29 is 23.8 Å². The predicted octanol–water partition coefficient (Wildman–Crippen LogP) is 2.76. The van der Waals surface area contributed by atoms with Crippen molar-refractivity contribution in [3.63, 3.8) is 0 Å². The third kappa shape index (κ3) is 5.66. The molecule has 2 aromatic carbocycles. The molecule has 7 heteroatoms. The third-order valence-corrected chi connectivity index (χ3v) is 5.48. The first-order valence-corrected chi connectivity index (χ1v) is 10.1. The molecule has 0 aromatic heterocycles. The molecule has 1 fully saturated rings. The molecule has 1 aliphatic heterocycles. The Morgan fingerprint density at radius 1 is 1.04 bits per heavy atom. The van der Waals surface area contributed by atoms with Gasteiger partial charge >= 0.3 is 5.97 Å². The van der Waals surface area contributed by atoms with Crippen molar-refractivity contribution in [1.29, 1.82) is 0 Å². The molecular formula is C21H23NO5S. The molecular weight excluding hydrogens is 378 g/mol. The zero-order valence-corrected chi connectivity index (χ0v) is 16.5. The van der Waals surface area contributed by atoms with Crippen LogP contribution in [0, 0.1) is 0 Å². The lowest BCUT2D eigenvalue weighted by atomic mass is 10.2. The Bertz CT molecular complexity index is 781. The van der Waals surface area contributed by atoms with Crippen molar-refractivity contribution in [2.75, 3.05) is 32.6 Å². The van der Waals surface area contributed by atoms with Gasteiger partial charge in [-0.15, -0.1) is 11.8 Å². The molecule has 148 valence electrons. The Hall–Kier alpha value is -2.67. The Morgan fingerprint density at radius 3 is 2.39 bits per heavy atom. The summed E-state index contributed by atoms with van der Waals surface area (Å²) in [6.07, 6.45) is 0. The first-order valence-electron chi connectivity index (χ1n) is 9.02. The van der Waals surface area contributed by atoms with Gasteiger partial charge in [0.05, 0.1) is 7.11 Å². The van der Waals surface area contributed by atoms with Gasteiger partial charge in [0, 0.05) is 18.8 Å². The van der Waals surface area contributed by atoms with Crippen LogP contribution in [0.2, 0.25) is 0 Å². The van der Waals surface area contributed by atoms with Gasteiger partial charge in [0.1, 0.15) is 23.4 Å². The summed E-state index contributed by atoms with van der Waals surface area (Å²) < 4.78 is 16.1. The summed E-state index contributed by atoms with van der Waals surface area (Å²) in [5, 5.41) is -0.330. The zero-order valence-electron chi connectivity index (χ0n) is 15.7. The molecule has 3 rings (SSSR count). The number of benzene rings is 2. The lowest BCUT2D eigenvalue weighted by Crippen LogP contribution is -2.46. The van der Waals surface area contributed by atoms with E-state index in [1.807, 2.05) is 42.5 Å². The van der Waals surface area contributed by atoms with Crippen LogP contribution in [-0.4, -0.2) is 54.6 Å². The van der Waals surface area contributed by atoms with Crippen LogP contribution in [0.15, 0.2) is 54.6 Å². The van der Waals surface area contributed by atoms with Gasteiger partial charge in [-0.1, -0.05) is 30.3 Å². The summed E-state index contributed by atoms with van der Waals surface area (Å²) in [6, 6.07) is 17.1. The molecule has 0 bridgehead atoms. The molecule has 1 amide bonds. The maximum Gasteiger partial charge on any atom is 0.320 e. The first kappa shape index (κ1) is 20.1. The largest absolute Gasteiger partial charge is 0.489 e. The molecule has 1 saturated heterocycles. The van der Waals surface area contributed by atoms with Crippen molar-refractivity contribution in [2.24, 2.45) is 0 Å². The average Bonchev–Trinajstić information content (AvgIpc) is 2.77. The Labute approximate surface area is 168 Å². The Balaban J connectivity index is 1.45. The van der Waals surface area contributed by atoms with Crippen molar-refractivity contribution in [2.45, 2.75) is 11.9 Å². The second-order valence-corrected chi connectivity index (χ2v) is 7.57. The SMILES string of the molecule is COC(=O)[C@H]1CN(C(=O)COc2ccc(OCc3ccccc3)cc2)CCS1. The molecule has 0 N–H and O–H groups in total. The van der Waals surface area contributed by atoms with Gasteiger partial charge in [0.25, 0.3) is 5.91 Å². The average molecular weight is 401 g/mol. The van der Waals surface area contributed by atoms with E-state index in [0.29, 0.717) is 31.2 Å². The molecule has 6 nitrogen and oxygen atoms in total. The smallest absolute Gasteiger partial charge is 0.320 e. The van der Waals surface area contributed by atoms with E-state index in [-0.39, 0.29) is 23.7 Å². The number of carbonyl (C=O) groups excluding carboxylic acids is 2. The van der Waals surface area contributed by atoms with Crippen LogP contribution >= 0.6 is 11.8 Å². The minimum atomic E-state index is -0.330. The van der Waals surface area contributed by atoms with Crippen LogP contribution in [-0.2, 0) is 20.9 Å². The fourth-order valence-electron chi connectivity index (χ4n) is 2.76. The number of ether oxygens (including phenoxy) is 3. The standard InChI is InChI=1S/C21H23NO5S/c1-25-21(24)19-13-22(11-12-28-19)20(23)15-27-18-9-7-17(8-10-18)26-14-16-5-3-2-4-6-16/h2-10,19H,11-15H2,1H3/t19-/m1/s1. The number of thioether (sulfide) groups is 1. The molecule has 0 aliphatic carbocycles. The minimum Gasteiger partial charge on any atom is -0.489 e. The zero-order chi connectivity index (χ0) is 19.8. The van der Waals surface area contributed by atoms with Gasteiger partial charge in [-0.2, -0.15) is 0 Å². The number of hydrogen-bond acceptors (Lipinski definition) is 6. The molecule has 1 aliphatic rings. The molecule has 0 saturated carbocycles. The van der Waals surface area contributed by atoms with Crippen molar-refractivity contribution >= 4 is 23.6 Å². The highest BCUT2D eigenvalue weighted by atomic mass is 32.2. The number of carbonyl (C=O) groups is 2. The van der Waals surface area contributed by atoms with Crippen molar-refractivity contribution in [3.05, 3.63) is 60.2 Å². The number of methoxy groups -OCH3 is 1. The van der Waals surface area contributed by atoms with Crippen molar-refractivity contribution in [1.82, 2.24) is 4.90 Å². The first-order chi connectivity index (χ1) is 13.7. The second-order valence-electron chi connectivity index (χ2n) is 6.26. The molecule has 0 unspecified atom stereocenters. The van der Waals surface area contributed by atoms with Crippen molar-refractivity contribution in [3.8, 4) is 11.5 Å². The number of hydrogen-bond donors (Lipinski definition) is 0. The number of nitrogens with zero attached hydrogens (tertiary/aromatic N) is 1. The molecule has 1 atom stereocenters. The lowest BCUT2D eigenvalue weighted by Gasteiger charge is -2.30. The maximum absolute atomic E-state index is 12.4. The van der Waals surface area contributed by atoms with Crippen LogP contribution in [0.5, 0.6) is 11.5 Å². The van der Waals surface area contributed by atoms with Crippen LogP contribution in [0.4, 0.5) is 0 Å². The molecule has 2 aromatic rings. The molecule has 0 spiro atoms. The van der Waals surface area contributed by atoms with Gasteiger partial charge in [-0.25, -0.2) is 0 Å². The summed E-state index contributed by atoms with van der Waals surface area (Å²) >= 11 is 1.51. The Morgan fingerprint density at radius 2 is 1.71 bits per heavy atom. The maximum atomic E-state index is 12.4. The van der Waals surface area contributed by atoms with Gasteiger partial charge in [0.2, 0.25) is 0 Å². The fraction of sp³-hybridized carbons (Fsp3) is 0.333. The fourth-order valence-corrected chi connectivity index (χ4v) is 3.89. The van der Waals surface area contributed by atoms with Crippen LogP contribution in [0.1, 0.15) is 5.56 Å². The molecule has 1 heterocycles. The van der Waals surface area contributed by atoms with Gasteiger partial charge in [-0.05, 0) is 29.8 Å². The van der Waals surface area contributed by atoms with E-state index in [0.717, 1.165) is 11.3 Å². The van der Waals surface area contributed by atoms with E-state index < -0.39 is 0 Å². The minimum absolute atomic E-state index is 0.0667. The monoisotopic (exact) mass is 401 g/mol. The number of amides is 1. The normalized spacial score (nSPS) is 16.3. The molecule has 0 radical (unpaired) electrons. The summed E-state index contributed by atoms with van der Waals surface area (Å²) in [6.45, 7) is 1.38. The topological polar surface area (TPSA) is 65.1 Å². The molecule has 28 heavy (non-hydrogen) atoms. The van der Waals surface area contributed by atoms with Crippen LogP contribution < -0.4 is 9.47 Å². The number of esters is 1. The quantitative estimate of drug-likeness (QED) is 0.665. The van der Waals surface area contributed by atoms with Crippen LogP contribution in [0.3, 0.4) is 0 Å². The second kappa shape index (κ2) is 10.0. The van der Waals surface area contributed by atoms with Crippen LogP contribution in [0.25, 0.3) is 0 Å². The highest BCUT2D eigenvalue weighted by Gasteiger charge is 2.29. The van der Waals surface area contributed by atoms with Gasteiger partial charge < -0.3 is 19.1 Å². The van der Waals surface area contributed by atoms with Gasteiger partial charge in [-0.3, -0.25) is 9.59 Å². The van der Waals surface area contributed by atoms with E-state index in [1.165, 1.54) is 18.9 Å². The summed E-state index contributed by atoms with van der Waals surface area (Å²) in [5.41, 5.74) is 1.10.